The van der Waals surface area contributed by atoms with E-state index in [4.69, 9.17) is 9.47 Å². The van der Waals surface area contributed by atoms with E-state index in [-0.39, 0.29) is 12.2 Å². The summed E-state index contributed by atoms with van der Waals surface area (Å²) in [5.41, 5.74) is -0.453. The van der Waals surface area contributed by atoms with E-state index in [0.717, 1.165) is 6.42 Å². The fourth-order valence-corrected chi connectivity index (χ4v) is 2.28. The van der Waals surface area contributed by atoms with Crippen LogP contribution < -0.4 is 4.74 Å². The summed E-state index contributed by atoms with van der Waals surface area (Å²) >= 11 is 1.46. The predicted octanol–water partition coefficient (Wildman–Crippen LogP) is 2.53. The van der Waals surface area contributed by atoms with Crippen molar-refractivity contribution >= 4 is 17.4 Å². The summed E-state index contributed by atoms with van der Waals surface area (Å²) in [6.07, 6.45) is 2.27. The Bertz CT molecular complexity index is 400. The zero-order chi connectivity index (χ0) is 13.2. The van der Waals surface area contributed by atoms with E-state index in [0.29, 0.717) is 18.3 Å². The van der Waals surface area contributed by atoms with Gasteiger partial charge in [-0.05, 0) is 20.8 Å². The van der Waals surface area contributed by atoms with E-state index in [1.165, 1.54) is 11.3 Å². The summed E-state index contributed by atoms with van der Waals surface area (Å²) in [4.78, 5) is 17.6. The first-order valence-electron chi connectivity index (χ1n) is 5.98. The molecule has 1 saturated heterocycles. The summed E-state index contributed by atoms with van der Waals surface area (Å²) in [7, 11) is 0. The van der Waals surface area contributed by atoms with Gasteiger partial charge in [0.25, 0.3) is 5.19 Å². The minimum absolute atomic E-state index is 0.0173. The van der Waals surface area contributed by atoms with Crippen LogP contribution in [-0.4, -0.2) is 40.8 Å². The molecular formula is C12H18N2O3S. The second-order valence-electron chi connectivity index (χ2n) is 5.25. The van der Waals surface area contributed by atoms with Crippen LogP contribution in [-0.2, 0) is 4.74 Å². The lowest BCUT2D eigenvalue weighted by molar-refractivity contribution is 0.0275. The van der Waals surface area contributed by atoms with Gasteiger partial charge >= 0.3 is 6.09 Å². The smallest absolute Gasteiger partial charge is 0.410 e. The predicted molar refractivity (Wildman–Crippen MR) is 69.0 cm³/mol. The van der Waals surface area contributed by atoms with Crippen molar-refractivity contribution in [3.05, 3.63) is 11.6 Å². The molecule has 2 rings (SSSR count). The number of rotatable bonds is 2. The minimum Gasteiger partial charge on any atom is -0.465 e. The largest absolute Gasteiger partial charge is 0.465 e. The van der Waals surface area contributed by atoms with Crippen molar-refractivity contribution in [3.63, 3.8) is 0 Å². The van der Waals surface area contributed by atoms with Crippen LogP contribution in [0.4, 0.5) is 4.79 Å². The van der Waals surface area contributed by atoms with Crippen LogP contribution in [0.1, 0.15) is 27.2 Å². The number of thiazole rings is 1. The second-order valence-corrected chi connectivity index (χ2v) is 6.11. The molecule has 1 amide bonds. The Labute approximate surface area is 111 Å². The molecule has 100 valence electrons. The molecule has 1 aliphatic heterocycles. The molecule has 6 heteroatoms. The van der Waals surface area contributed by atoms with Crippen LogP contribution in [0.25, 0.3) is 0 Å². The molecule has 0 unspecified atom stereocenters. The average Bonchev–Trinajstić information content (AvgIpc) is 2.86. The third-order valence-electron chi connectivity index (χ3n) is 2.47. The fraction of sp³-hybridized carbons (Fsp3) is 0.667. The first kappa shape index (κ1) is 13.1. The lowest BCUT2D eigenvalue weighted by atomic mass is 10.2. The highest BCUT2D eigenvalue weighted by Gasteiger charge is 2.31. The van der Waals surface area contributed by atoms with Crippen LogP contribution in [0.5, 0.6) is 5.19 Å². The molecule has 0 radical (unpaired) electrons. The number of aromatic nitrogens is 1. The number of hydrogen-bond acceptors (Lipinski definition) is 5. The van der Waals surface area contributed by atoms with E-state index < -0.39 is 5.60 Å². The lowest BCUT2D eigenvalue weighted by Crippen LogP contribution is -2.36. The summed E-state index contributed by atoms with van der Waals surface area (Å²) in [6.45, 7) is 6.83. The van der Waals surface area contributed by atoms with Gasteiger partial charge in [-0.3, -0.25) is 0 Å². The summed E-state index contributed by atoms with van der Waals surface area (Å²) < 4.78 is 11.0. The molecule has 1 atom stereocenters. The van der Waals surface area contributed by atoms with Crippen molar-refractivity contribution in [3.8, 4) is 5.19 Å². The van der Waals surface area contributed by atoms with Crippen molar-refractivity contribution in [2.45, 2.75) is 38.9 Å². The Kier molecular flexibility index (Phi) is 3.75. The Balaban J connectivity index is 1.83. The highest BCUT2D eigenvalue weighted by molar-refractivity contribution is 7.11. The molecule has 0 spiro atoms. The van der Waals surface area contributed by atoms with Gasteiger partial charge in [-0.15, -0.1) is 0 Å². The van der Waals surface area contributed by atoms with Gasteiger partial charge < -0.3 is 14.4 Å². The highest BCUT2D eigenvalue weighted by atomic mass is 32.1. The zero-order valence-corrected chi connectivity index (χ0v) is 11.7. The van der Waals surface area contributed by atoms with E-state index >= 15 is 0 Å². The zero-order valence-electron chi connectivity index (χ0n) is 10.9. The number of carbonyl (C=O) groups is 1. The number of ether oxygens (including phenoxy) is 2. The highest BCUT2D eigenvalue weighted by Crippen LogP contribution is 2.21. The van der Waals surface area contributed by atoms with Gasteiger partial charge in [0.15, 0.2) is 0 Å². The first-order chi connectivity index (χ1) is 8.44. The Hall–Kier alpha value is -1.30. The standard InChI is InChI=1S/C12H18N2O3S/c1-12(2,3)17-11(15)14-6-4-9(8-14)16-10-13-5-7-18-10/h5,7,9H,4,6,8H2,1-3H3/t9-/m1/s1. The third-order valence-corrected chi connectivity index (χ3v) is 3.13. The molecule has 18 heavy (non-hydrogen) atoms. The van der Waals surface area contributed by atoms with Gasteiger partial charge in [-0.25, -0.2) is 9.78 Å². The lowest BCUT2D eigenvalue weighted by Gasteiger charge is -2.24. The molecule has 2 heterocycles. The molecule has 0 aromatic carbocycles. The molecule has 0 saturated carbocycles. The Morgan fingerprint density at radius 2 is 2.33 bits per heavy atom. The monoisotopic (exact) mass is 270 g/mol. The van der Waals surface area contributed by atoms with Gasteiger partial charge in [0.1, 0.15) is 11.7 Å². The fourth-order valence-electron chi connectivity index (χ4n) is 1.73. The van der Waals surface area contributed by atoms with Crippen molar-refractivity contribution < 1.29 is 14.3 Å². The maximum Gasteiger partial charge on any atom is 0.410 e. The van der Waals surface area contributed by atoms with Crippen molar-refractivity contribution in [2.24, 2.45) is 0 Å². The summed E-state index contributed by atoms with van der Waals surface area (Å²) in [6, 6.07) is 0. The van der Waals surface area contributed by atoms with Crippen LogP contribution >= 0.6 is 11.3 Å². The van der Waals surface area contributed by atoms with E-state index in [2.05, 4.69) is 4.98 Å². The molecule has 1 aliphatic rings. The van der Waals surface area contributed by atoms with E-state index in [1.807, 2.05) is 26.2 Å². The molecular weight excluding hydrogens is 252 g/mol. The quantitative estimate of drug-likeness (QED) is 0.828. The first-order valence-corrected chi connectivity index (χ1v) is 6.86. The van der Waals surface area contributed by atoms with Crippen molar-refractivity contribution in [1.82, 2.24) is 9.88 Å². The molecule has 5 nitrogen and oxygen atoms in total. The number of carbonyl (C=O) groups excluding carboxylic acids is 1. The normalized spacial score (nSPS) is 19.9. The van der Waals surface area contributed by atoms with Gasteiger partial charge in [-0.1, -0.05) is 11.3 Å². The number of hydrogen-bond donors (Lipinski definition) is 0. The van der Waals surface area contributed by atoms with Gasteiger partial charge in [0, 0.05) is 24.5 Å². The molecule has 0 bridgehead atoms. The molecule has 1 aromatic heterocycles. The van der Waals surface area contributed by atoms with E-state index in [9.17, 15) is 4.79 Å². The van der Waals surface area contributed by atoms with Crippen LogP contribution in [0.15, 0.2) is 11.6 Å². The Morgan fingerprint density at radius 3 is 2.94 bits per heavy atom. The molecule has 0 N–H and O–H groups in total. The molecule has 0 aliphatic carbocycles. The topological polar surface area (TPSA) is 51.7 Å². The van der Waals surface area contributed by atoms with Crippen molar-refractivity contribution in [1.29, 1.82) is 0 Å². The maximum atomic E-state index is 11.8. The third kappa shape index (κ3) is 3.60. The van der Waals surface area contributed by atoms with E-state index in [1.54, 1.807) is 11.1 Å². The van der Waals surface area contributed by atoms with Gasteiger partial charge in [0.05, 0.1) is 6.54 Å². The SMILES string of the molecule is CC(C)(C)OC(=O)N1CC[C@@H](Oc2nccs2)C1. The molecule has 1 aromatic rings. The minimum atomic E-state index is -0.453. The molecule has 1 fully saturated rings. The van der Waals surface area contributed by atoms with Crippen LogP contribution in [0, 0.1) is 0 Å². The van der Waals surface area contributed by atoms with Crippen LogP contribution in [0.2, 0.25) is 0 Å². The number of amides is 1. The van der Waals surface area contributed by atoms with Gasteiger partial charge in [0.2, 0.25) is 0 Å². The van der Waals surface area contributed by atoms with Crippen LogP contribution in [0.3, 0.4) is 0 Å². The maximum absolute atomic E-state index is 11.8. The summed E-state index contributed by atoms with van der Waals surface area (Å²) in [5, 5.41) is 2.53. The number of nitrogens with zero attached hydrogens (tertiary/aromatic N) is 2. The van der Waals surface area contributed by atoms with Crippen molar-refractivity contribution in [2.75, 3.05) is 13.1 Å². The number of likely N-dealkylation sites (tertiary alicyclic amines) is 1. The Morgan fingerprint density at radius 1 is 1.56 bits per heavy atom. The second kappa shape index (κ2) is 5.14. The average molecular weight is 270 g/mol. The van der Waals surface area contributed by atoms with Gasteiger partial charge in [-0.2, -0.15) is 0 Å². The summed E-state index contributed by atoms with van der Waals surface area (Å²) in [5.74, 6) is 0.